The summed E-state index contributed by atoms with van der Waals surface area (Å²) in [5.41, 5.74) is 4.26. The lowest BCUT2D eigenvalue weighted by molar-refractivity contribution is 0.411. The first-order valence-corrected chi connectivity index (χ1v) is 7.52. The Kier molecular flexibility index (Phi) is 4.11. The zero-order valence-corrected chi connectivity index (χ0v) is 13.8. The van der Waals surface area contributed by atoms with E-state index in [1.54, 1.807) is 14.2 Å². The number of rotatable bonds is 4. The van der Waals surface area contributed by atoms with Gasteiger partial charge < -0.3 is 13.9 Å². The highest BCUT2D eigenvalue weighted by Crippen LogP contribution is 2.32. The summed E-state index contributed by atoms with van der Waals surface area (Å²) in [7, 11) is 3.36. The predicted molar refractivity (Wildman–Crippen MR) is 92.2 cm³/mol. The summed E-state index contributed by atoms with van der Waals surface area (Å²) in [4.78, 5) is 0. The fraction of sp³-hybridized carbons (Fsp3) is 0.200. The Bertz CT molecular complexity index is 763. The third kappa shape index (κ3) is 2.95. The molecule has 0 unspecified atom stereocenters. The minimum absolute atomic E-state index is 0.847. The topological polar surface area (TPSA) is 31.6 Å². The molecule has 3 rings (SSSR count). The molecule has 23 heavy (non-hydrogen) atoms. The van der Waals surface area contributed by atoms with Crippen molar-refractivity contribution >= 4 is 0 Å². The van der Waals surface area contributed by atoms with E-state index in [-0.39, 0.29) is 0 Å². The zero-order chi connectivity index (χ0) is 16.4. The zero-order valence-electron chi connectivity index (χ0n) is 13.8. The molecule has 0 N–H and O–H groups in total. The van der Waals surface area contributed by atoms with Crippen LogP contribution in [0.2, 0.25) is 0 Å². The Balaban J connectivity index is 1.94. The van der Waals surface area contributed by atoms with Crippen LogP contribution < -0.4 is 9.47 Å². The maximum absolute atomic E-state index is 6.03. The van der Waals surface area contributed by atoms with Gasteiger partial charge in [0.05, 0.1) is 14.2 Å². The lowest BCUT2D eigenvalue weighted by atomic mass is 10.1. The minimum atomic E-state index is 0.847. The number of ether oxygens (including phenoxy) is 2. The van der Waals surface area contributed by atoms with Crippen molar-refractivity contribution in [1.82, 2.24) is 0 Å². The molecule has 0 bridgehead atoms. The van der Waals surface area contributed by atoms with E-state index in [0.717, 1.165) is 45.3 Å². The van der Waals surface area contributed by atoms with Gasteiger partial charge in [-0.2, -0.15) is 0 Å². The van der Waals surface area contributed by atoms with Gasteiger partial charge in [0.15, 0.2) is 0 Å². The molecule has 0 aliphatic rings. The van der Waals surface area contributed by atoms with Crippen LogP contribution in [0.15, 0.2) is 52.9 Å². The van der Waals surface area contributed by atoms with Crippen molar-refractivity contribution in [2.75, 3.05) is 14.2 Å². The highest BCUT2D eigenvalue weighted by Gasteiger charge is 2.10. The molecule has 0 saturated heterocycles. The van der Waals surface area contributed by atoms with Crippen molar-refractivity contribution in [2.45, 2.75) is 13.8 Å². The maximum atomic E-state index is 6.03. The number of hydrogen-bond acceptors (Lipinski definition) is 3. The third-order valence-corrected chi connectivity index (χ3v) is 3.96. The molecular formula is C20H20O3. The summed E-state index contributed by atoms with van der Waals surface area (Å²) >= 11 is 0. The van der Waals surface area contributed by atoms with E-state index in [0.29, 0.717) is 0 Å². The lowest BCUT2D eigenvalue weighted by Gasteiger charge is -2.07. The Labute approximate surface area is 136 Å². The number of aryl methyl sites for hydroxylation is 2. The van der Waals surface area contributed by atoms with E-state index < -0.39 is 0 Å². The number of methoxy groups -OCH3 is 2. The van der Waals surface area contributed by atoms with Crippen molar-refractivity contribution in [1.29, 1.82) is 0 Å². The molecule has 0 radical (unpaired) electrons. The van der Waals surface area contributed by atoms with Gasteiger partial charge in [-0.05, 0) is 73.5 Å². The van der Waals surface area contributed by atoms with Gasteiger partial charge in [-0.15, -0.1) is 0 Å². The van der Waals surface area contributed by atoms with Gasteiger partial charge in [0.2, 0.25) is 0 Å². The summed E-state index contributed by atoms with van der Waals surface area (Å²) in [5.74, 6) is 3.45. The van der Waals surface area contributed by atoms with Crippen molar-refractivity contribution in [3.8, 4) is 34.1 Å². The van der Waals surface area contributed by atoms with Crippen molar-refractivity contribution in [3.05, 3.63) is 59.7 Å². The molecule has 0 aliphatic heterocycles. The van der Waals surface area contributed by atoms with E-state index in [1.165, 1.54) is 0 Å². The molecule has 2 aromatic carbocycles. The van der Waals surface area contributed by atoms with Crippen LogP contribution in [-0.4, -0.2) is 14.2 Å². The summed E-state index contributed by atoms with van der Waals surface area (Å²) in [5, 5.41) is 0. The van der Waals surface area contributed by atoms with Gasteiger partial charge in [0, 0.05) is 11.1 Å². The molecule has 3 nitrogen and oxygen atoms in total. The van der Waals surface area contributed by atoms with E-state index in [2.05, 4.69) is 12.1 Å². The number of hydrogen-bond donors (Lipinski definition) is 0. The van der Waals surface area contributed by atoms with Crippen LogP contribution in [0.5, 0.6) is 11.5 Å². The molecule has 0 amide bonds. The quantitative estimate of drug-likeness (QED) is 0.660. The Morgan fingerprint density at radius 3 is 1.43 bits per heavy atom. The first-order chi connectivity index (χ1) is 11.1. The average Bonchev–Trinajstić information content (AvgIpc) is 3.04. The minimum Gasteiger partial charge on any atom is -0.496 e. The van der Waals surface area contributed by atoms with E-state index in [4.69, 9.17) is 13.9 Å². The summed E-state index contributed by atoms with van der Waals surface area (Å²) < 4.78 is 16.6. The van der Waals surface area contributed by atoms with Crippen LogP contribution in [0.25, 0.3) is 22.6 Å². The maximum Gasteiger partial charge on any atom is 0.134 e. The molecule has 0 fully saturated rings. The first-order valence-electron chi connectivity index (χ1n) is 7.52. The number of furan rings is 1. The van der Waals surface area contributed by atoms with Gasteiger partial charge in [-0.25, -0.2) is 0 Å². The van der Waals surface area contributed by atoms with Crippen LogP contribution in [0.4, 0.5) is 0 Å². The molecule has 3 aromatic rings. The van der Waals surface area contributed by atoms with Gasteiger partial charge in [0.1, 0.15) is 23.0 Å². The Hall–Kier alpha value is -2.68. The van der Waals surface area contributed by atoms with Crippen LogP contribution in [0, 0.1) is 13.8 Å². The van der Waals surface area contributed by atoms with Crippen molar-refractivity contribution < 1.29 is 13.9 Å². The molecule has 118 valence electrons. The van der Waals surface area contributed by atoms with Crippen LogP contribution >= 0.6 is 0 Å². The highest BCUT2D eigenvalue weighted by molar-refractivity contribution is 5.67. The second-order valence-electron chi connectivity index (χ2n) is 5.53. The van der Waals surface area contributed by atoms with E-state index >= 15 is 0 Å². The van der Waals surface area contributed by atoms with Crippen LogP contribution in [0.3, 0.4) is 0 Å². The second kappa shape index (κ2) is 6.21. The first kappa shape index (κ1) is 15.2. The molecule has 0 atom stereocenters. The summed E-state index contributed by atoms with van der Waals surface area (Å²) in [6.45, 7) is 4.05. The molecule has 0 spiro atoms. The van der Waals surface area contributed by atoms with Crippen molar-refractivity contribution in [3.63, 3.8) is 0 Å². The Morgan fingerprint density at radius 1 is 0.652 bits per heavy atom. The van der Waals surface area contributed by atoms with Crippen LogP contribution in [-0.2, 0) is 0 Å². The largest absolute Gasteiger partial charge is 0.496 e. The molecular weight excluding hydrogens is 288 g/mol. The van der Waals surface area contributed by atoms with E-state index in [9.17, 15) is 0 Å². The molecule has 1 heterocycles. The normalized spacial score (nSPS) is 10.6. The molecule has 1 aromatic heterocycles. The van der Waals surface area contributed by atoms with E-state index in [1.807, 2.05) is 50.2 Å². The Morgan fingerprint density at radius 2 is 1.09 bits per heavy atom. The second-order valence-corrected chi connectivity index (χ2v) is 5.53. The lowest BCUT2D eigenvalue weighted by Crippen LogP contribution is -1.87. The fourth-order valence-corrected chi connectivity index (χ4v) is 2.71. The standard InChI is InChI=1S/C20H20O3/c1-13-11-15(5-7-17(13)21-3)19-9-10-20(23-19)16-6-8-18(22-4)14(2)12-16/h5-12H,1-4H3. The summed E-state index contributed by atoms with van der Waals surface area (Å²) in [6.07, 6.45) is 0. The van der Waals surface area contributed by atoms with Crippen LogP contribution in [0.1, 0.15) is 11.1 Å². The third-order valence-electron chi connectivity index (χ3n) is 3.96. The smallest absolute Gasteiger partial charge is 0.134 e. The van der Waals surface area contributed by atoms with Gasteiger partial charge in [0.25, 0.3) is 0 Å². The van der Waals surface area contributed by atoms with Gasteiger partial charge in [-0.3, -0.25) is 0 Å². The van der Waals surface area contributed by atoms with Gasteiger partial charge in [-0.1, -0.05) is 0 Å². The fourth-order valence-electron chi connectivity index (χ4n) is 2.71. The number of benzene rings is 2. The van der Waals surface area contributed by atoms with Gasteiger partial charge >= 0.3 is 0 Å². The monoisotopic (exact) mass is 308 g/mol. The summed E-state index contributed by atoms with van der Waals surface area (Å²) in [6, 6.07) is 16.1. The average molecular weight is 308 g/mol. The molecule has 3 heteroatoms. The SMILES string of the molecule is COc1ccc(-c2ccc(-c3ccc(OC)c(C)c3)o2)cc1C. The van der Waals surface area contributed by atoms with Crippen molar-refractivity contribution in [2.24, 2.45) is 0 Å². The molecule has 0 aliphatic carbocycles. The predicted octanol–water partition coefficient (Wildman–Crippen LogP) is 5.25. The highest BCUT2D eigenvalue weighted by atomic mass is 16.5. The molecule has 0 saturated carbocycles.